The number of likely N-dealkylation sites (N-methyl/N-ethyl adjacent to an activating group) is 1. The van der Waals surface area contributed by atoms with Gasteiger partial charge in [-0.1, -0.05) is 19.9 Å². The fourth-order valence-corrected chi connectivity index (χ4v) is 5.37. The lowest BCUT2D eigenvalue weighted by Gasteiger charge is -2.33. The van der Waals surface area contributed by atoms with Crippen molar-refractivity contribution in [3.05, 3.63) is 59.7 Å². The van der Waals surface area contributed by atoms with Crippen LogP contribution in [0.1, 0.15) is 37.7 Å². The van der Waals surface area contributed by atoms with Crippen LogP contribution < -0.4 is 5.32 Å². The standard InChI is InChI=1S/C28H32F2N8O/c1-3-20-16-39-17-25-34-27-21(29)11-19(12-23(27)38(20)25)26-22(30)14-32-28(35-26)33-24-6-5-18(13-31-24)15-37-9-7-36(4-2)8-10-37/h5-6,11-14,20H,3-4,7-10,15-17H2,1-2H3,(H,31,32,33,35)/t20-/m1/s1. The molecule has 0 bridgehead atoms. The summed E-state index contributed by atoms with van der Waals surface area (Å²) < 4.78 is 37.7. The quantitative estimate of drug-likeness (QED) is 0.370. The number of aromatic nitrogens is 5. The number of pyridine rings is 1. The number of fused-ring (bicyclic) bond motifs is 3. The van der Waals surface area contributed by atoms with Gasteiger partial charge in [-0.2, -0.15) is 0 Å². The van der Waals surface area contributed by atoms with E-state index in [1.54, 1.807) is 6.07 Å². The van der Waals surface area contributed by atoms with Gasteiger partial charge >= 0.3 is 0 Å². The smallest absolute Gasteiger partial charge is 0.229 e. The van der Waals surface area contributed by atoms with Gasteiger partial charge in [0.2, 0.25) is 5.95 Å². The lowest BCUT2D eigenvalue weighted by Crippen LogP contribution is -2.45. The minimum atomic E-state index is -0.639. The summed E-state index contributed by atoms with van der Waals surface area (Å²) in [5.74, 6) is 0.226. The number of nitrogens with zero attached hydrogens (tertiary/aromatic N) is 7. The van der Waals surface area contributed by atoms with Crippen LogP contribution in [0.3, 0.4) is 0 Å². The highest BCUT2D eigenvalue weighted by Gasteiger charge is 2.25. The number of nitrogens with one attached hydrogen (secondary N) is 1. The number of rotatable bonds is 7. The third kappa shape index (κ3) is 5.21. The Morgan fingerprint density at radius 3 is 2.54 bits per heavy atom. The fourth-order valence-electron chi connectivity index (χ4n) is 5.37. The van der Waals surface area contributed by atoms with Crippen LogP contribution >= 0.6 is 0 Å². The number of imidazole rings is 1. The van der Waals surface area contributed by atoms with Crippen LogP contribution in [0.5, 0.6) is 0 Å². The van der Waals surface area contributed by atoms with Crippen LogP contribution in [0.4, 0.5) is 20.5 Å². The first kappa shape index (κ1) is 25.7. The van der Waals surface area contributed by atoms with Crippen LogP contribution in [0.2, 0.25) is 0 Å². The highest BCUT2D eigenvalue weighted by Crippen LogP contribution is 2.33. The van der Waals surface area contributed by atoms with Gasteiger partial charge in [0.25, 0.3) is 0 Å². The number of ether oxygens (including phenoxy) is 1. The number of hydrogen-bond acceptors (Lipinski definition) is 8. The first-order valence-corrected chi connectivity index (χ1v) is 13.5. The average molecular weight is 535 g/mol. The Kier molecular flexibility index (Phi) is 7.20. The molecule has 0 radical (unpaired) electrons. The van der Waals surface area contributed by atoms with Crippen LogP contribution in [-0.2, 0) is 17.9 Å². The highest BCUT2D eigenvalue weighted by atomic mass is 19.1. The zero-order chi connectivity index (χ0) is 26.9. The molecule has 0 saturated carbocycles. The van der Waals surface area contributed by atoms with Crippen molar-refractivity contribution >= 4 is 22.8 Å². The highest BCUT2D eigenvalue weighted by molar-refractivity contribution is 5.83. The van der Waals surface area contributed by atoms with E-state index in [0.717, 1.165) is 57.4 Å². The van der Waals surface area contributed by atoms with E-state index in [9.17, 15) is 4.39 Å². The Morgan fingerprint density at radius 2 is 1.79 bits per heavy atom. The molecule has 4 aromatic rings. The Balaban J connectivity index is 1.22. The molecular weight excluding hydrogens is 502 g/mol. The van der Waals surface area contributed by atoms with Crippen molar-refractivity contribution in [1.82, 2.24) is 34.3 Å². The van der Waals surface area contributed by atoms with Gasteiger partial charge in [0.15, 0.2) is 11.6 Å². The summed E-state index contributed by atoms with van der Waals surface area (Å²) in [6.45, 7) is 11.3. The molecule has 11 heteroatoms. The van der Waals surface area contributed by atoms with Crippen LogP contribution in [0.15, 0.2) is 36.7 Å². The number of halogens is 2. The monoisotopic (exact) mass is 534 g/mol. The molecular formula is C28H32F2N8O. The molecule has 9 nitrogen and oxygen atoms in total. The Bertz CT molecular complexity index is 1470. The summed E-state index contributed by atoms with van der Waals surface area (Å²) in [4.78, 5) is 22.3. The second kappa shape index (κ2) is 10.9. The lowest BCUT2D eigenvalue weighted by atomic mass is 10.1. The van der Waals surface area contributed by atoms with E-state index in [0.29, 0.717) is 35.9 Å². The van der Waals surface area contributed by atoms with Gasteiger partial charge in [0.05, 0.1) is 24.4 Å². The number of hydrogen-bond donors (Lipinski definition) is 1. The lowest BCUT2D eigenvalue weighted by molar-refractivity contribution is 0.0554. The molecule has 0 aliphatic carbocycles. The van der Waals surface area contributed by atoms with E-state index >= 15 is 4.39 Å². The van der Waals surface area contributed by atoms with Crippen LogP contribution in [0.25, 0.3) is 22.3 Å². The molecule has 204 valence electrons. The maximum atomic E-state index is 15.2. The summed E-state index contributed by atoms with van der Waals surface area (Å²) in [7, 11) is 0. The largest absolute Gasteiger partial charge is 0.371 e. The van der Waals surface area contributed by atoms with Crippen LogP contribution in [-0.4, -0.2) is 73.6 Å². The maximum Gasteiger partial charge on any atom is 0.229 e. The third-order valence-corrected chi connectivity index (χ3v) is 7.60. The van der Waals surface area contributed by atoms with Gasteiger partial charge in [0, 0.05) is 44.5 Å². The summed E-state index contributed by atoms with van der Waals surface area (Å²) >= 11 is 0. The van der Waals surface area contributed by atoms with Gasteiger partial charge < -0.3 is 19.5 Å². The molecule has 1 fully saturated rings. The summed E-state index contributed by atoms with van der Waals surface area (Å²) in [6.07, 6.45) is 3.73. The van der Waals surface area contributed by atoms with Gasteiger partial charge in [-0.25, -0.2) is 28.7 Å². The first-order valence-electron chi connectivity index (χ1n) is 13.5. The van der Waals surface area contributed by atoms with Gasteiger partial charge in [-0.3, -0.25) is 4.90 Å². The summed E-state index contributed by atoms with van der Waals surface area (Å²) in [5.41, 5.74) is 2.30. The minimum Gasteiger partial charge on any atom is -0.371 e. The normalized spacial score (nSPS) is 18.4. The molecule has 1 atom stereocenters. The SMILES string of the molecule is CC[C@@H]1COCc2nc3c(F)cc(-c4nc(Nc5ccc(CN6CCN(CC)CC6)cn5)ncc4F)cc3n21. The molecule has 1 saturated heterocycles. The second-order valence-corrected chi connectivity index (χ2v) is 10.1. The van der Waals surface area contributed by atoms with Crippen molar-refractivity contribution in [1.29, 1.82) is 0 Å². The molecule has 1 aromatic carbocycles. The van der Waals surface area contributed by atoms with E-state index in [1.165, 1.54) is 6.07 Å². The van der Waals surface area contributed by atoms with E-state index in [1.807, 2.05) is 29.8 Å². The van der Waals surface area contributed by atoms with Gasteiger partial charge in [-0.05, 0) is 36.7 Å². The zero-order valence-corrected chi connectivity index (χ0v) is 22.2. The third-order valence-electron chi connectivity index (χ3n) is 7.60. The topological polar surface area (TPSA) is 84.2 Å². The van der Waals surface area contributed by atoms with Crippen molar-refractivity contribution in [2.45, 2.75) is 39.5 Å². The van der Waals surface area contributed by atoms with Gasteiger partial charge in [-0.15, -0.1) is 0 Å². The van der Waals surface area contributed by atoms with E-state index in [2.05, 4.69) is 42.0 Å². The average Bonchev–Trinajstić information content (AvgIpc) is 3.35. The van der Waals surface area contributed by atoms with Crippen LogP contribution in [0, 0.1) is 11.6 Å². The van der Waals surface area contributed by atoms with E-state index in [-0.39, 0.29) is 23.2 Å². The predicted octanol–water partition coefficient (Wildman–Crippen LogP) is 4.53. The zero-order valence-electron chi connectivity index (χ0n) is 22.2. The maximum absolute atomic E-state index is 15.2. The first-order chi connectivity index (χ1) is 19.0. The molecule has 5 heterocycles. The van der Waals surface area contributed by atoms with Crippen molar-refractivity contribution in [3.63, 3.8) is 0 Å². The molecule has 6 rings (SSSR count). The molecule has 0 amide bonds. The second-order valence-electron chi connectivity index (χ2n) is 10.1. The fraction of sp³-hybridized carbons (Fsp3) is 0.429. The van der Waals surface area contributed by atoms with Crippen molar-refractivity contribution in [2.75, 3.05) is 44.6 Å². The Morgan fingerprint density at radius 1 is 0.974 bits per heavy atom. The van der Waals surface area contributed by atoms with E-state index in [4.69, 9.17) is 4.74 Å². The summed E-state index contributed by atoms with van der Waals surface area (Å²) in [6, 6.07) is 6.93. The predicted molar refractivity (Wildman–Crippen MR) is 145 cm³/mol. The Hall–Kier alpha value is -3.54. The molecule has 0 spiro atoms. The van der Waals surface area contributed by atoms with Crippen molar-refractivity contribution in [3.8, 4) is 11.3 Å². The molecule has 0 unspecified atom stereocenters. The molecule has 2 aliphatic rings. The van der Waals surface area contributed by atoms with E-state index < -0.39 is 11.6 Å². The van der Waals surface area contributed by atoms with Gasteiger partial charge in [0.1, 0.15) is 29.5 Å². The van der Waals surface area contributed by atoms with Crippen molar-refractivity contribution in [2.24, 2.45) is 0 Å². The molecule has 1 N–H and O–H groups in total. The minimum absolute atomic E-state index is 0.00630. The number of anilines is 2. The molecule has 2 aliphatic heterocycles. The summed E-state index contributed by atoms with van der Waals surface area (Å²) in [5, 5.41) is 3.05. The number of piperazine rings is 1. The van der Waals surface area contributed by atoms with Crippen molar-refractivity contribution < 1.29 is 13.5 Å². The molecule has 39 heavy (non-hydrogen) atoms. The molecule has 3 aromatic heterocycles. The Labute approximate surface area is 225 Å². The number of benzene rings is 1.